The zero-order chi connectivity index (χ0) is 28.8. The molecular weight excluding hydrogens is 562 g/mol. The van der Waals surface area contributed by atoms with Crippen LogP contribution in [0.4, 0.5) is 8.78 Å². The molecule has 1 aromatic carbocycles. The van der Waals surface area contributed by atoms with E-state index in [1.807, 2.05) is 0 Å². The van der Waals surface area contributed by atoms with Gasteiger partial charge in [-0.1, -0.05) is 11.6 Å². The molecule has 0 spiro atoms. The maximum atomic E-state index is 15.3. The number of carbonyl (C=O) groups is 2. The molecule has 210 valence electrons. The van der Waals surface area contributed by atoms with Crippen molar-refractivity contribution in [1.82, 2.24) is 35.1 Å². The first-order valence-electron chi connectivity index (χ1n) is 12.6. The fraction of sp³-hybridized carbons (Fsp3) is 0.269. The van der Waals surface area contributed by atoms with Crippen molar-refractivity contribution < 1.29 is 27.8 Å². The van der Waals surface area contributed by atoms with Crippen LogP contribution in [0.2, 0.25) is 5.02 Å². The number of hydrogen-bond donors (Lipinski definition) is 1. The third kappa shape index (κ3) is 4.69. The minimum absolute atomic E-state index is 0.0614. The third-order valence-electron chi connectivity index (χ3n) is 7.25. The number of rotatable bonds is 6. The summed E-state index contributed by atoms with van der Waals surface area (Å²) in [6, 6.07) is 3.60. The number of aromatic nitrogens is 7. The maximum absolute atomic E-state index is 15.3. The zero-order valence-corrected chi connectivity index (χ0v) is 22.2. The molecule has 1 unspecified atom stereocenters. The van der Waals surface area contributed by atoms with E-state index in [1.165, 1.54) is 35.4 Å². The van der Waals surface area contributed by atoms with Gasteiger partial charge < -0.3 is 19.8 Å². The van der Waals surface area contributed by atoms with E-state index in [4.69, 9.17) is 16.3 Å². The quantitative estimate of drug-likeness (QED) is 0.207. The molecule has 1 saturated heterocycles. The SMILES string of the molecule is CC(=O)OCc1c(F)c(-c2cnc([C@@H]3CCC4CC(c5c(-n6cnnn6)ccc(Cl)c5F)=CC(=O)N43)[nH]2)cc[n+]1[O-]. The topological polar surface area (TPSA) is 146 Å². The number of esters is 1. The van der Waals surface area contributed by atoms with E-state index < -0.39 is 30.3 Å². The van der Waals surface area contributed by atoms with Crippen molar-refractivity contribution in [3.8, 4) is 16.9 Å². The second kappa shape index (κ2) is 10.4. The van der Waals surface area contributed by atoms with Crippen LogP contribution in [0.25, 0.3) is 22.5 Å². The molecule has 2 atom stereocenters. The van der Waals surface area contributed by atoms with E-state index in [-0.39, 0.29) is 33.8 Å². The predicted octanol–water partition coefficient (Wildman–Crippen LogP) is 3.20. The molecule has 1 fully saturated rings. The van der Waals surface area contributed by atoms with Crippen LogP contribution in [-0.4, -0.2) is 53.0 Å². The van der Waals surface area contributed by atoms with Gasteiger partial charge in [-0.05, 0) is 47.4 Å². The summed E-state index contributed by atoms with van der Waals surface area (Å²) >= 11 is 6.09. The first-order valence-corrected chi connectivity index (χ1v) is 12.9. The van der Waals surface area contributed by atoms with Gasteiger partial charge in [0, 0.05) is 36.2 Å². The second-order valence-electron chi connectivity index (χ2n) is 9.65. The summed E-state index contributed by atoms with van der Waals surface area (Å²) in [4.78, 5) is 33.8. The van der Waals surface area contributed by atoms with Crippen LogP contribution in [0.3, 0.4) is 0 Å². The first kappa shape index (κ1) is 26.5. The van der Waals surface area contributed by atoms with Gasteiger partial charge >= 0.3 is 5.97 Å². The van der Waals surface area contributed by atoms with Crippen molar-refractivity contribution in [3.63, 3.8) is 0 Å². The summed E-state index contributed by atoms with van der Waals surface area (Å²) in [6.45, 7) is 0.634. The molecule has 1 amide bonds. The fourth-order valence-corrected chi connectivity index (χ4v) is 5.57. The number of hydrogen-bond acceptors (Lipinski definition) is 8. The summed E-state index contributed by atoms with van der Waals surface area (Å²) in [5.74, 6) is -2.07. The number of nitrogens with one attached hydrogen (secondary N) is 1. The largest absolute Gasteiger partial charge is 0.618 e. The number of halogens is 3. The maximum Gasteiger partial charge on any atom is 0.303 e. The number of carbonyl (C=O) groups excluding carboxylic acids is 2. The standard InChI is InChI=1S/C26H21ClF2N8O4/c1-13(38)41-11-21-24(28)16(6-7-36(21)40)18-10-30-26(32-18)20-4-2-15-8-14(9-22(39)37(15)20)23-19(35-12-31-33-34-35)5-3-17(27)25(23)29/h3,5-7,9-10,12,15,20H,2,4,8,11H2,1H3,(H,30,32)/t15?,20-/m0/s1. The summed E-state index contributed by atoms with van der Waals surface area (Å²) < 4.78 is 36.9. The molecule has 1 N–H and O–H groups in total. The Hall–Kier alpha value is -4.72. The van der Waals surface area contributed by atoms with Crippen LogP contribution >= 0.6 is 11.6 Å². The average Bonchev–Trinajstić information content (AvgIpc) is 3.71. The average molecular weight is 583 g/mol. The van der Waals surface area contributed by atoms with Crippen LogP contribution in [0.1, 0.15) is 49.3 Å². The van der Waals surface area contributed by atoms with Crippen LogP contribution in [0.15, 0.2) is 43.0 Å². The number of benzene rings is 1. The number of aromatic amines is 1. The Bertz CT molecular complexity index is 1710. The molecule has 2 aliphatic heterocycles. The van der Waals surface area contributed by atoms with Crippen molar-refractivity contribution in [2.75, 3.05) is 0 Å². The normalized spacial score (nSPS) is 18.4. The van der Waals surface area contributed by atoms with Crippen LogP contribution in [-0.2, 0) is 20.9 Å². The third-order valence-corrected chi connectivity index (χ3v) is 7.54. The van der Waals surface area contributed by atoms with Gasteiger partial charge in [0.1, 0.15) is 12.2 Å². The predicted molar refractivity (Wildman–Crippen MR) is 138 cm³/mol. The highest BCUT2D eigenvalue weighted by atomic mass is 35.5. The van der Waals surface area contributed by atoms with Crippen LogP contribution < -0.4 is 4.73 Å². The molecule has 12 nitrogen and oxygen atoms in total. The van der Waals surface area contributed by atoms with Gasteiger partial charge in [0.15, 0.2) is 18.6 Å². The smallest absolute Gasteiger partial charge is 0.303 e. The van der Waals surface area contributed by atoms with Crippen molar-refractivity contribution >= 4 is 29.1 Å². The van der Waals surface area contributed by atoms with Gasteiger partial charge in [0.25, 0.3) is 5.69 Å². The van der Waals surface area contributed by atoms with Gasteiger partial charge in [-0.15, -0.1) is 5.10 Å². The molecule has 0 aliphatic carbocycles. The number of ether oxygens (including phenoxy) is 1. The number of pyridine rings is 1. The van der Waals surface area contributed by atoms with Crippen molar-refractivity contribution in [2.24, 2.45) is 0 Å². The molecule has 41 heavy (non-hydrogen) atoms. The molecule has 6 rings (SSSR count). The summed E-state index contributed by atoms with van der Waals surface area (Å²) in [6.07, 6.45) is 6.79. The number of fused-ring (bicyclic) bond motifs is 1. The minimum atomic E-state index is -0.855. The zero-order valence-electron chi connectivity index (χ0n) is 21.4. The van der Waals surface area contributed by atoms with E-state index in [2.05, 4.69) is 25.5 Å². The number of amides is 1. The van der Waals surface area contributed by atoms with E-state index in [0.29, 0.717) is 46.8 Å². The molecule has 0 bridgehead atoms. The fourth-order valence-electron chi connectivity index (χ4n) is 5.41. The molecule has 4 aromatic rings. The Morgan fingerprint density at radius 3 is 2.85 bits per heavy atom. The van der Waals surface area contributed by atoms with E-state index in [0.717, 1.165) is 13.1 Å². The van der Waals surface area contributed by atoms with E-state index in [1.54, 1.807) is 11.0 Å². The summed E-state index contributed by atoms with van der Waals surface area (Å²) in [7, 11) is 0. The molecule has 2 aliphatic rings. The van der Waals surface area contributed by atoms with Crippen molar-refractivity contribution in [1.29, 1.82) is 0 Å². The highest BCUT2D eigenvalue weighted by molar-refractivity contribution is 6.31. The minimum Gasteiger partial charge on any atom is -0.618 e. The second-order valence-corrected chi connectivity index (χ2v) is 10.1. The monoisotopic (exact) mass is 582 g/mol. The van der Waals surface area contributed by atoms with E-state index >= 15 is 8.78 Å². The highest BCUT2D eigenvalue weighted by Gasteiger charge is 2.42. The molecule has 5 heterocycles. The lowest BCUT2D eigenvalue weighted by atomic mass is 9.92. The van der Waals surface area contributed by atoms with Gasteiger partial charge in [0.05, 0.1) is 28.6 Å². The molecular formula is C26H21ClF2N8O4. The molecule has 3 aromatic heterocycles. The van der Waals surface area contributed by atoms with Gasteiger partial charge in [-0.3, -0.25) is 9.59 Å². The Morgan fingerprint density at radius 2 is 2.10 bits per heavy atom. The lowest BCUT2D eigenvalue weighted by Crippen LogP contribution is -2.39. The van der Waals surface area contributed by atoms with Crippen LogP contribution in [0.5, 0.6) is 0 Å². The first-order chi connectivity index (χ1) is 19.7. The lowest BCUT2D eigenvalue weighted by molar-refractivity contribution is -0.618. The van der Waals surface area contributed by atoms with Crippen molar-refractivity contribution in [3.05, 3.63) is 81.9 Å². The van der Waals surface area contributed by atoms with Crippen molar-refractivity contribution in [2.45, 2.75) is 44.9 Å². The van der Waals surface area contributed by atoms with Gasteiger partial charge in [-0.2, -0.15) is 13.8 Å². The number of H-pyrrole nitrogens is 1. The summed E-state index contributed by atoms with van der Waals surface area (Å²) in [5.41, 5.74) is 0.978. The Balaban J connectivity index is 1.29. The number of tetrazole rings is 1. The lowest BCUT2D eigenvalue weighted by Gasteiger charge is -2.33. The van der Waals surface area contributed by atoms with Gasteiger partial charge in [-0.25, -0.2) is 9.37 Å². The number of nitrogens with zero attached hydrogens (tertiary/aromatic N) is 7. The Kier molecular flexibility index (Phi) is 6.69. The Morgan fingerprint density at radius 1 is 1.27 bits per heavy atom. The molecule has 0 saturated carbocycles. The van der Waals surface area contributed by atoms with Gasteiger partial charge in [0.2, 0.25) is 11.7 Å². The Labute approximate surface area is 235 Å². The molecule has 0 radical (unpaired) electrons. The number of imidazole rings is 1. The van der Waals surface area contributed by atoms with Crippen LogP contribution in [0, 0.1) is 16.8 Å². The van der Waals surface area contributed by atoms with E-state index in [9.17, 15) is 14.8 Å². The highest BCUT2D eigenvalue weighted by Crippen LogP contribution is 2.44. The molecule has 15 heteroatoms. The summed E-state index contributed by atoms with van der Waals surface area (Å²) in [5, 5.41) is 23.1.